The third-order valence-corrected chi connectivity index (χ3v) is 4.43. The summed E-state index contributed by atoms with van der Waals surface area (Å²) in [4.78, 5) is 2.12. The van der Waals surface area contributed by atoms with Crippen LogP contribution in [0, 0.1) is 0 Å². The van der Waals surface area contributed by atoms with Crippen molar-refractivity contribution in [3.63, 3.8) is 0 Å². The van der Waals surface area contributed by atoms with E-state index in [1.807, 2.05) is 0 Å². The van der Waals surface area contributed by atoms with Gasteiger partial charge >= 0.3 is 0 Å². The molecule has 0 bridgehead atoms. The first-order valence-corrected chi connectivity index (χ1v) is 7.77. The maximum absolute atomic E-state index is 6.42. The number of nitrogens with zero attached hydrogens (tertiary/aromatic N) is 1. The van der Waals surface area contributed by atoms with E-state index in [1.165, 1.54) is 47.2 Å². The Bertz CT molecular complexity index is 631. The molecule has 110 valence electrons. The highest BCUT2D eigenvalue weighted by Crippen LogP contribution is 2.26. The topological polar surface area (TPSA) is 29.3 Å². The molecule has 0 saturated carbocycles. The van der Waals surface area contributed by atoms with Gasteiger partial charge in [0.05, 0.1) is 0 Å². The molecule has 0 saturated heterocycles. The monoisotopic (exact) mass is 280 g/mol. The maximum atomic E-state index is 6.42. The lowest BCUT2D eigenvalue weighted by atomic mass is 9.97. The Labute approximate surface area is 127 Å². The van der Waals surface area contributed by atoms with Gasteiger partial charge in [0.25, 0.3) is 0 Å². The molecule has 0 aromatic heterocycles. The van der Waals surface area contributed by atoms with Crippen LogP contribution in [0.3, 0.4) is 0 Å². The van der Waals surface area contributed by atoms with Crippen molar-refractivity contribution in [1.82, 2.24) is 0 Å². The second kappa shape index (κ2) is 5.90. The molecule has 2 aromatic carbocycles. The summed E-state index contributed by atoms with van der Waals surface area (Å²) in [5.74, 6) is 0. The van der Waals surface area contributed by atoms with Crippen molar-refractivity contribution in [2.45, 2.75) is 31.7 Å². The van der Waals surface area contributed by atoms with Crippen molar-refractivity contribution in [2.75, 3.05) is 19.0 Å². The van der Waals surface area contributed by atoms with Crippen LogP contribution in [-0.2, 0) is 19.3 Å². The van der Waals surface area contributed by atoms with Crippen molar-refractivity contribution in [3.8, 4) is 0 Å². The molecule has 2 aromatic rings. The van der Waals surface area contributed by atoms with Crippen molar-refractivity contribution in [3.05, 3.63) is 64.7 Å². The number of anilines is 1. The number of aryl methyl sites for hydroxylation is 2. The smallest absolute Gasteiger partial charge is 0.0364 e. The molecule has 0 radical (unpaired) electrons. The Morgan fingerprint density at radius 1 is 1.05 bits per heavy atom. The zero-order valence-electron chi connectivity index (χ0n) is 13.0. The molecule has 1 aliphatic rings. The number of benzene rings is 2. The van der Waals surface area contributed by atoms with Crippen LogP contribution < -0.4 is 10.6 Å². The van der Waals surface area contributed by atoms with E-state index in [4.69, 9.17) is 5.73 Å². The minimum atomic E-state index is 0.0596. The summed E-state index contributed by atoms with van der Waals surface area (Å²) in [6, 6.07) is 15.5. The summed E-state index contributed by atoms with van der Waals surface area (Å²) in [5, 5.41) is 0. The van der Waals surface area contributed by atoms with Gasteiger partial charge in [0.15, 0.2) is 0 Å². The summed E-state index contributed by atoms with van der Waals surface area (Å²) in [7, 11) is 4.12. The standard InChI is InChI=1S/C19H24N2/c1-21(2)18-8-4-7-17(13-18)19(20)12-14-9-10-15-5-3-6-16(15)11-14/h4,7-11,13,19H,3,5-6,12,20H2,1-2H3. The average molecular weight is 280 g/mol. The zero-order chi connectivity index (χ0) is 14.8. The summed E-state index contributed by atoms with van der Waals surface area (Å²) in [5.41, 5.74) is 13.3. The highest BCUT2D eigenvalue weighted by atomic mass is 15.1. The summed E-state index contributed by atoms with van der Waals surface area (Å²) in [6.07, 6.45) is 4.68. The Morgan fingerprint density at radius 2 is 1.86 bits per heavy atom. The lowest BCUT2D eigenvalue weighted by Crippen LogP contribution is -2.15. The Kier molecular flexibility index (Phi) is 3.98. The quantitative estimate of drug-likeness (QED) is 0.929. The number of hydrogen-bond acceptors (Lipinski definition) is 2. The van der Waals surface area contributed by atoms with Crippen LogP contribution in [0.15, 0.2) is 42.5 Å². The van der Waals surface area contributed by atoms with Gasteiger partial charge in [-0.25, -0.2) is 0 Å². The van der Waals surface area contributed by atoms with Gasteiger partial charge < -0.3 is 10.6 Å². The van der Waals surface area contributed by atoms with Crippen LogP contribution >= 0.6 is 0 Å². The molecule has 3 rings (SSSR count). The Balaban J connectivity index is 1.77. The lowest BCUT2D eigenvalue weighted by molar-refractivity contribution is 0.721. The van der Waals surface area contributed by atoms with Gasteiger partial charge in [-0.2, -0.15) is 0 Å². The van der Waals surface area contributed by atoms with E-state index in [9.17, 15) is 0 Å². The van der Waals surface area contributed by atoms with Gasteiger partial charge in [-0.1, -0.05) is 30.3 Å². The molecule has 2 nitrogen and oxygen atoms in total. The van der Waals surface area contributed by atoms with Crippen molar-refractivity contribution in [2.24, 2.45) is 5.73 Å². The fourth-order valence-electron chi connectivity index (χ4n) is 3.16. The number of hydrogen-bond donors (Lipinski definition) is 1. The lowest BCUT2D eigenvalue weighted by Gasteiger charge is -2.17. The first-order valence-electron chi connectivity index (χ1n) is 7.77. The largest absolute Gasteiger partial charge is 0.378 e. The molecule has 21 heavy (non-hydrogen) atoms. The van der Waals surface area contributed by atoms with Crippen molar-refractivity contribution in [1.29, 1.82) is 0 Å². The van der Waals surface area contributed by atoms with Crippen molar-refractivity contribution >= 4 is 5.69 Å². The van der Waals surface area contributed by atoms with E-state index < -0.39 is 0 Å². The van der Waals surface area contributed by atoms with Gasteiger partial charge in [0.1, 0.15) is 0 Å². The van der Waals surface area contributed by atoms with Crippen LogP contribution in [0.5, 0.6) is 0 Å². The van der Waals surface area contributed by atoms with Gasteiger partial charge in [-0.3, -0.25) is 0 Å². The fraction of sp³-hybridized carbons (Fsp3) is 0.368. The maximum Gasteiger partial charge on any atom is 0.0364 e. The highest BCUT2D eigenvalue weighted by molar-refractivity contribution is 5.48. The number of nitrogens with two attached hydrogens (primary N) is 1. The molecule has 2 heteroatoms. The molecule has 0 heterocycles. The first-order chi connectivity index (χ1) is 10.1. The molecule has 0 amide bonds. The predicted molar refractivity (Wildman–Crippen MR) is 89.9 cm³/mol. The minimum Gasteiger partial charge on any atom is -0.378 e. The van der Waals surface area contributed by atoms with Gasteiger partial charge in [-0.05, 0) is 60.1 Å². The van der Waals surface area contributed by atoms with E-state index in [0.29, 0.717) is 0 Å². The highest BCUT2D eigenvalue weighted by Gasteiger charge is 2.13. The third kappa shape index (κ3) is 3.11. The van der Waals surface area contributed by atoms with Crippen molar-refractivity contribution < 1.29 is 0 Å². The second-order valence-electron chi connectivity index (χ2n) is 6.26. The molecule has 0 fully saturated rings. The normalized spacial score (nSPS) is 14.8. The molecular weight excluding hydrogens is 256 g/mol. The fourth-order valence-corrected chi connectivity index (χ4v) is 3.16. The Hall–Kier alpha value is -1.80. The van der Waals surface area contributed by atoms with Gasteiger partial charge in [-0.15, -0.1) is 0 Å². The SMILES string of the molecule is CN(C)c1cccc(C(N)Cc2ccc3c(c2)CCC3)c1. The van der Waals surface area contributed by atoms with E-state index >= 15 is 0 Å². The molecule has 0 aliphatic heterocycles. The molecule has 2 N–H and O–H groups in total. The molecule has 1 unspecified atom stereocenters. The number of rotatable bonds is 4. The van der Waals surface area contributed by atoms with E-state index in [1.54, 1.807) is 0 Å². The van der Waals surface area contributed by atoms with Crippen LogP contribution in [0.2, 0.25) is 0 Å². The van der Waals surface area contributed by atoms with Crippen LogP contribution in [0.25, 0.3) is 0 Å². The summed E-state index contributed by atoms with van der Waals surface area (Å²) >= 11 is 0. The predicted octanol–water partition coefficient (Wildman–Crippen LogP) is 3.48. The van der Waals surface area contributed by atoms with Crippen LogP contribution in [-0.4, -0.2) is 14.1 Å². The summed E-state index contributed by atoms with van der Waals surface area (Å²) < 4.78 is 0. The van der Waals surface area contributed by atoms with E-state index in [2.05, 4.69) is 61.5 Å². The Morgan fingerprint density at radius 3 is 2.67 bits per heavy atom. The first kappa shape index (κ1) is 14.2. The van der Waals surface area contributed by atoms with E-state index in [0.717, 1.165) is 6.42 Å². The average Bonchev–Trinajstić information content (AvgIpc) is 2.95. The molecule has 1 atom stereocenters. The van der Waals surface area contributed by atoms with Gasteiger partial charge in [0.2, 0.25) is 0 Å². The zero-order valence-corrected chi connectivity index (χ0v) is 13.0. The van der Waals surface area contributed by atoms with Crippen LogP contribution in [0.4, 0.5) is 5.69 Å². The van der Waals surface area contributed by atoms with E-state index in [-0.39, 0.29) is 6.04 Å². The molecule has 1 aliphatic carbocycles. The summed E-state index contributed by atoms with van der Waals surface area (Å²) in [6.45, 7) is 0. The second-order valence-corrected chi connectivity index (χ2v) is 6.26. The van der Waals surface area contributed by atoms with Gasteiger partial charge in [0, 0.05) is 25.8 Å². The molecular formula is C19H24N2. The number of fused-ring (bicyclic) bond motifs is 1. The van der Waals surface area contributed by atoms with Crippen LogP contribution in [0.1, 0.15) is 34.7 Å². The third-order valence-electron chi connectivity index (χ3n) is 4.43. The molecule has 0 spiro atoms. The minimum absolute atomic E-state index is 0.0596.